The van der Waals surface area contributed by atoms with E-state index in [9.17, 15) is 9.59 Å². The van der Waals surface area contributed by atoms with Crippen LogP contribution in [0.15, 0.2) is 18.2 Å². The van der Waals surface area contributed by atoms with Gasteiger partial charge in [-0.15, -0.1) is 0 Å². The molecule has 0 N–H and O–H groups in total. The van der Waals surface area contributed by atoms with E-state index < -0.39 is 5.97 Å². The Hall–Kier alpha value is -2.50. The molecule has 24 heavy (non-hydrogen) atoms. The van der Waals surface area contributed by atoms with Gasteiger partial charge < -0.3 is 14.2 Å². The monoisotopic (exact) mass is 333 g/mol. The van der Waals surface area contributed by atoms with Gasteiger partial charge in [-0.2, -0.15) is 0 Å². The number of carbonyl (C=O) groups is 2. The van der Waals surface area contributed by atoms with Crippen LogP contribution in [-0.2, 0) is 4.74 Å². The van der Waals surface area contributed by atoms with Crippen LogP contribution >= 0.6 is 0 Å². The molecule has 6 heteroatoms. The Bertz CT molecular complexity index is 773. The van der Waals surface area contributed by atoms with Crippen LogP contribution in [0.2, 0.25) is 0 Å². The fourth-order valence-electron chi connectivity index (χ4n) is 2.53. The molecule has 0 atom stereocenters. The summed E-state index contributed by atoms with van der Waals surface area (Å²) < 4.78 is 17.7. The van der Waals surface area contributed by atoms with Crippen molar-refractivity contribution in [2.24, 2.45) is 0 Å². The lowest BCUT2D eigenvalue weighted by atomic mass is 10.2. The number of methoxy groups -OCH3 is 1. The molecule has 0 unspecified atom stereocenters. The van der Waals surface area contributed by atoms with Crippen molar-refractivity contribution in [2.75, 3.05) is 7.11 Å². The van der Waals surface area contributed by atoms with Crippen LogP contribution in [0.5, 0.6) is 11.5 Å². The van der Waals surface area contributed by atoms with Gasteiger partial charge in [0.05, 0.1) is 24.8 Å². The van der Waals surface area contributed by atoms with Gasteiger partial charge in [0.2, 0.25) is 5.91 Å². The first-order valence-electron chi connectivity index (χ1n) is 7.86. The third kappa shape index (κ3) is 3.53. The summed E-state index contributed by atoms with van der Waals surface area (Å²) in [5, 5.41) is 0.662. The molecular weight excluding hydrogens is 310 g/mol. The van der Waals surface area contributed by atoms with Crippen molar-refractivity contribution in [3.8, 4) is 11.5 Å². The summed E-state index contributed by atoms with van der Waals surface area (Å²) in [6.07, 6.45) is -0.0973. The molecule has 0 radical (unpaired) electrons. The van der Waals surface area contributed by atoms with Crippen LogP contribution < -0.4 is 9.47 Å². The van der Waals surface area contributed by atoms with Crippen LogP contribution in [0.25, 0.3) is 10.9 Å². The van der Waals surface area contributed by atoms with Crippen molar-refractivity contribution in [1.29, 1.82) is 0 Å². The maximum atomic E-state index is 12.1. The van der Waals surface area contributed by atoms with Crippen LogP contribution in [-0.4, -0.2) is 35.8 Å². The van der Waals surface area contributed by atoms with Gasteiger partial charge in [-0.1, -0.05) is 0 Å². The summed E-state index contributed by atoms with van der Waals surface area (Å²) in [5.41, 5.74) is 0.715. The topological polar surface area (TPSA) is 66.8 Å². The number of fused-ring (bicyclic) bond motifs is 1. The molecule has 0 saturated heterocycles. The van der Waals surface area contributed by atoms with Crippen molar-refractivity contribution >= 4 is 22.8 Å². The van der Waals surface area contributed by atoms with Crippen molar-refractivity contribution in [1.82, 2.24) is 4.57 Å². The minimum absolute atomic E-state index is 0.0323. The molecule has 1 aromatic carbocycles. The van der Waals surface area contributed by atoms with Gasteiger partial charge in [0.25, 0.3) is 0 Å². The Balaban J connectivity index is 2.78. The number of nitrogens with zero attached hydrogens (tertiary/aromatic N) is 1. The highest BCUT2D eigenvalue weighted by Crippen LogP contribution is 2.35. The van der Waals surface area contributed by atoms with Crippen molar-refractivity contribution in [3.63, 3.8) is 0 Å². The van der Waals surface area contributed by atoms with Crippen molar-refractivity contribution in [3.05, 3.63) is 23.9 Å². The minimum Gasteiger partial charge on any atom is -0.491 e. The summed E-state index contributed by atoms with van der Waals surface area (Å²) in [5.74, 6) is 0.263. The third-order valence-corrected chi connectivity index (χ3v) is 3.30. The second-order valence-corrected chi connectivity index (χ2v) is 6.06. The molecule has 6 nitrogen and oxygen atoms in total. The number of carbonyl (C=O) groups excluding carboxylic acids is 2. The molecule has 2 rings (SSSR count). The molecule has 2 aromatic rings. The number of esters is 1. The molecule has 0 aliphatic rings. The van der Waals surface area contributed by atoms with Crippen LogP contribution in [0.1, 0.15) is 49.9 Å². The lowest BCUT2D eigenvalue weighted by Crippen LogP contribution is -2.15. The first-order valence-corrected chi connectivity index (χ1v) is 7.86. The van der Waals surface area contributed by atoms with Gasteiger partial charge >= 0.3 is 5.97 Å². The van der Waals surface area contributed by atoms with Gasteiger partial charge in [0.15, 0.2) is 0 Å². The Labute approximate surface area is 141 Å². The number of hydrogen-bond acceptors (Lipinski definition) is 5. The fourth-order valence-corrected chi connectivity index (χ4v) is 2.53. The zero-order valence-corrected chi connectivity index (χ0v) is 14.9. The summed E-state index contributed by atoms with van der Waals surface area (Å²) >= 11 is 0. The average molecular weight is 333 g/mol. The van der Waals surface area contributed by atoms with E-state index in [0.717, 1.165) is 0 Å². The van der Waals surface area contributed by atoms with Gasteiger partial charge in [-0.3, -0.25) is 9.36 Å². The Kier molecular flexibility index (Phi) is 5.17. The molecule has 1 aromatic heterocycles. The highest BCUT2D eigenvalue weighted by atomic mass is 16.5. The SMILES string of the molecule is COC(=O)c1cc2c(OC(C)C)cc(OC(C)C)cc2n1C(C)=O. The standard InChI is InChI=1S/C18H23NO5/c1-10(2)23-13-7-15-14(17(8-13)24-11(3)4)9-16(18(21)22-6)19(15)12(5)20/h7-11H,1-6H3. The van der Waals surface area contributed by atoms with Crippen molar-refractivity contribution < 1.29 is 23.8 Å². The second-order valence-electron chi connectivity index (χ2n) is 6.06. The smallest absolute Gasteiger partial charge is 0.355 e. The van der Waals surface area contributed by atoms with Gasteiger partial charge in [0, 0.05) is 24.4 Å². The van der Waals surface area contributed by atoms with E-state index in [1.807, 2.05) is 27.7 Å². The van der Waals surface area contributed by atoms with E-state index in [2.05, 4.69) is 0 Å². The Morgan fingerprint density at radius 1 is 1.00 bits per heavy atom. The predicted octanol–water partition coefficient (Wildman–Crippen LogP) is 3.66. The van der Waals surface area contributed by atoms with Gasteiger partial charge in [-0.05, 0) is 33.8 Å². The molecule has 0 amide bonds. The molecule has 0 saturated carbocycles. The minimum atomic E-state index is -0.580. The largest absolute Gasteiger partial charge is 0.491 e. The van der Waals surface area contributed by atoms with Gasteiger partial charge in [0.1, 0.15) is 17.2 Å². The van der Waals surface area contributed by atoms with E-state index >= 15 is 0 Å². The van der Waals surface area contributed by atoms with E-state index in [0.29, 0.717) is 22.4 Å². The molecule has 0 bridgehead atoms. The van der Waals surface area contributed by atoms with E-state index in [-0.39, 0.29) is 23.8 Å². The first kappa shape index (κ1) is 17.8. The molecular formula is C18H23NO5. The molecule has 130 valence electrons. The molecule has 0 aliphatic carbocycles. The Morgan fingerprint density at radius 3 is 2.12 bits per heavy atom. The van der Waals surface area contributed by atoms with Crippen LogP contribution in [0.3, 0.4) is 0 Å². The lowest BCUT2D eigenvalue weighted by molar-refractivity contribution is 0.0583. The van der Waals surface area contributed by atoms with Crippen LogP contribution in [0, 0.1) is 0 Å². The summed E-state index contributed by atoms with van der Waals surface area (Å²) in [4.78, 5) is 24.1. The lowest BCUT2D eigenvalue weighted by Gasteiger charge is -2.15. The second kappa shape index (κ2) is 6.95. The predicted molar refractivity (Wildman–Crippen MR) is 91.1 cm³/mol. The molecule has 0 aliphatic heterocycles. The third-order valence-electron chi connectivity index (χ3n) is 3.30. The normalized spacial score (nSPS) is 11.2. The number of ether oxygens (including phenoxy) is 3. The van der Waals surface area contributed by atoms with Crippen LogP contribution in [0.4, 0.5) is 0 Å². The van der Waals surface area contributed by atoms with E-state index in [1.165, 1.54) is 18.6 Å². The summed E-state index contributed by atoms with van der Waals surface area (Å²) in [7, 11) is 1.28. The van der Waals surface area contributed by atoms with Crippen molar-refractivity contribution in [2.45, 2.75) is 46.8 Å². The van der Waals surface area contributed by atoms with E-state index in [1.54, 1.807) is 18.2 Å². The summed E-state index contributed by atoms with van der Waals surface area (Å²) in [6, 6.07) is 5.11. The highest BCUT2D eigenvalue weighted by molar-refractivity contribution is 6.04. The fraction of sp³-hybridized carbons (Fsp3) is 0.444. The molecule has 0 fully saturated rings. The number of rotatable bonds is 5. The Morgan fingerprint density at radius 2 is 1.62 bits per heavy atom. The molecule has 0 spiro atoms. The van der Waals surface area contributed by atoms with E-state index in [4.69, 9.17) is 14.2 Å². The highest BCUT2D eigenvalue weighted by Gasteiger charge is 2.22. The number of hydrogen-bond donors (Lipinski definition) is 0. The van der Waals surface area contributed by atoms with Gasteiger partial charge in [-0.25, -0.2) is 4.79 Å². The maximum Gasteiger partial charge on any atom is 0.355 e. The molecule has 1 heterocycles. The quantitative estimate of drug-likeness (QED) is 0.781. The maximum absolute atomic E-state index is 12.1. The number of aromatic nitrogens is 1. The zero-order valence-electron chi connectivity index (χ0n) is 14.9. The number of benzene rings is 1. The zero-order chi connectivity index (χ0) is 18.0. The summed E-state index contributed by atoms with van der Waals surface area (Å²) in [6.45, 7) is 9.04. The first-order chi connectivity index (χ1) is 11.2. The average Bonchev–Trinajstić information content (AvgIpc) is 2.84.